The van der Waals surface area contributed by atoms with Gasteiger partial charge in [-0.25, -0.2) is 0 Å². The van der Waals surface area contributed by atoms with Gasteiger partial charge in [0.05, 0.1) is 13.7 Å². The van der Waals surface area contributed by atoms with Gasteiger partial charge in [0.1, 0.15) is 5.76 Å². The molecule has 0 unspecified atom stereocenters. The fourth-order valence-corrected chi connectivity index (χ4v) is 3.15. The molecule has 1 aromatic carbocycles. The average molecular weight is 302 g/mol. The molecule has 22 heavy (non-hydrogen) atoms. The zero-order valence-electron chi connectivity index (χ0n) is 13.4. The number of hydrogen-bond donors (Lipinski definition) is 1. The van der Waals surface area contributed by atoms with E-state index in [0.717, 1.165) is 42.1 Å². The number of fused-ring (bicyclic) bond motifs is 1. The van der Waals surface area contributed by atoms with Crippen molar-refractivity contribution in [2.75, 3.05) is 33.3 Å². The molecule has 3 rings (SSSR count). The second-order valence-electron chi connectivity index (χ2n) is 6.02. The predicted molar refractivity (Wildman–Crippen MR) is 89.4 cm³/mol. The Labute approximate surface area is 132 Å². The topological polar surface area (TPSA) is 37.6 Å². The lowest BCUT2D eigenvalue weighted by Gasteiger charge is -2.19. The summed E-state index contributed by atoms with van der Waals surface area (Å²) in [6.07, 6.45) is 5.49. The second kappa shape index (κ2) is 7.65. The Balaban J connectivity index is 1.49. The van der Waals surface area contributed by atoms with Gasteiger partial charge in [0, 0.05) is 18.5 Å². The summed E-state index contributed by atoms with van der Waals surface area (Å²) in [4.78, 5) is 2.57. The minimum absolute atomic E-state index is 0.770. The van der Waals surface area contributed by atoms with Gasteiger partial charge in [0.15, 0.2) is 11.3 Å². The first-order chi connectivity index (χ1) is 10.9. The van der Waals surface area contributed by atoms with Crippen LogP contribution in [-0.2, 0) is 6.54 Å². The number of ether oxygens (including phenoxy) is 1. The van der Waals surface area contributed by atoms with Crippen molar-refractivity contribution in [2.45, 2.75) is 32.2 Å². The maximum absolute atomic E-state index is 5.90. The van der Waals surface area contributed by atoms with Gasteiger partial charge in [-0.3, -0.25) is 0 Å². The zero-order valence-corrected chi connectivity index (χ0v) is 13.4. The lowest BCUT2D eigenvalue weighted by Crippen LogP contribution is -2.32. The molecule has 1 saturated heterocycles. The van der Waals surface area contributed by atoms with E-state index in [9.17, 15) is 0 Å². The van der Waals surface area contributed by atoms with Gasteiger partial charge in [-0.1, -0.05) is 25.0 Å². The van der Waals surface area contributed by atoms with E-state index in [1.165, 1.54) is 38.8 Å². The van der Waals surface area contributed by atoms with E-state index in [-0.39, 0.29) is 0 Å². The molecule has 1 N–H and O–H groups in total. The fourth-order valence-electron chi connectivity index (χ4n) is 3.15. The summed E-state index contributed by atoms with van der Waals surface area (Å²) in [5.41, 5.74) is 0.842. The molecule has 0 aliphatic carbocycles. The highest BCUT2D eigenvalue weighted by molar-refractivity contribution is 5.83. The molecule has 1 aliphatic heterocycles. The molecule has 1 aliphatic rings. The van der Waals surface area contributed by atoms with Crippen LogP contribution >= 0.6 is 0 Å². The summed E-state index contributed by atoms with van der Waals surface area (Å²) in [7, 11) is 1.68. The first kappa shape index (κ1) is 15.4. The Kier molecular flexibility index (Phi) is 5.35. The highest BCUT2D eigenvalue weighted by Crippen LogP contribution is 2.28. The Hall–Kier alpha value is -1.52. The van der Waals surface area contributed by atoms with E-state index < -0.39 is 0 Å². The molecule has 120 valence electrons. The van der Waals surface area contributed by atoms with Crippen molar-refractivity contribution in [1.82, 2.24) is 10.2 Å². The number of hydrogen-bond acceptors (Lipinski definition) is 4. The molecule has 0 atom stereocenters. The van der Waals surface area contributed by atoms with E-state index in [1.54, 1.807) is 7.11 Å². The van der Waals surface area contributed by atoms with Gasteiger partial charge in [0.2, 0.25) is 0 Å². The number of nitrogens with zero attached hydrogens (tertiary/aromatic N) is 1. The number of benzene rings is 1. The van der Waals surface area contributed by atoms with Crippen molar-refractivity contribution in [3.8, 4) is 5.75 Å². The van der Waals surface area contributed by atoms with Crippen molar-refractivity contribution in [1.29, 1.82) is 0 Å². The van der Waals surface area contributed by atoms with E-state index in [4.69, 9.17) is 9.15 Å². The molecule has 2 heterocycles. The fraction of sp³-hybridized carbons (Fsp3) is 0.556. The molecule has 0 amide bonds. The smallest absolute Gasteiger partial charge is 0.176 e. The van der Waals surface area contributed by atoms with Crippen LogP contribution in [0, 0.1) is 0 Å². The van der Waals surface area contributed by atoms with Gasteiger partial charge >= 0.3 is 0 Å². The molecule has 2 aromatic rings. The second-order valence-corrected chi connectivity index (χ2v) is 6.02. The summed E-state index contributed by atoms with van der Waals surface area (Å²) in [5, 5.41) is 4.59. The zero-order chi connectivity index (χ0) is 15.2. The molecular formula is C18H26N2O2. The molecule has 4 heteroatoms. The highest BCUT2D eigenvalue weighted by atomic mass is 16.5. The molecule has 0 radical (unpaired) electrons. The number of methoxy groups -OCH3 is 1. The summed E-state index contributed by atoms with van der Waals surface area (Å²) in [5.74, 6) is 1.77. The summed E-state index contributed by atoms with van der Waals surface area (Å²) < 4.78 is 11.2. The maximum Gasteiger partial charge on any atom is 0.176 e. The Morgan fingerprint density at radius 2 is 2.00 bits per heavy atom. The number of likely N-dealkylation sites (tertiary alicyclic amines) is 1. The van der Waals surface area contributed by atoms with E-state index in [1.807, 2.05) is 12.1 Å². The number of furan rings is 1. The molecule has 1 fully saturated rings. The Bertz CT molecular complexity index is 586. The Morgan fingerprint density at radius 1 is 1.18 bits per heavy atom. The monoisotopic (exact) mass is 302 g/mol. The van der Waals surface area contributed by atoms with Crippen molar-refractivity contribution in [2.24, 2.45) is 0 Å². The lowest BCUT2D eigenvalue weighted by atomic mass is 10.2. The van der Waals surface area contributed by atoms with Crippen molar-refractivity contribution in [3.05, 3.63) is 30.0 Å². The lowest BCUT2D eigenvalue weighted by molar-refractivity contribution is 0.283. The largest absolute Gasteiger partial charge is 0.493 e. The van der Waals surface area contributed by atoms with Crippen LogP contribution in [0.15, 0.2) is 28.7 Å². The third-order valence-corrected chi connectivity index (χ3v) is 4.38. The van der Waals surface area contributed by atoms with Gasteiger partial charge < -0.3 is 19.4 Å². The van der Waals surface area contributed by atoms with Crippen LogP contribution in [0.3, 0.4) is 0 Å². The standard InChI is InChI=1S/C18H26N2O2/c1-21-17-8-6-7-15-13-16(22-18(15)17)14-19-9-12-20-10-4-2-3-5-11-20/h6-8,13,19H,2-5,9-12,14H2,1H3. The number of rotatable bonds is 6. The van der Waals surface area contributed by atoms with E-state index in [2.05, 4.69) is 22.3 Å². The van der Waals surface area contributed by atoms with Crippen LogP contribution in [0.25, 0.3) is 11.0 Å². The quantitative estimate of drug-likeness (QED) is 0.830. The SMILES string of the molecule is COc1cccc2cc(CNCCN3CCCCCC3)oc12. The van der Waals surface area contributed by atoms with E-state index >= 15 is 0 Å². The molecule has 1 aromatic heterocycles. The predicted octanol–water partition coefficient (Wildman–Crippen LogP) is 3.41. The number of nitrogens with one attached hydrogen (secondary N) is 1. The minimum atomic E-state index is 0.770. The van der Waals surface area contributed by atoms with Crippen molar-refractivity contribution >= 4 is 11.0 Å². The van der Waals surface area contributed by atoms with Gasteiger partial charge in [0.25, 0.3) is 0 Å². The van der Waals surface area contributed by atoms with Crippen molar-refractivity contribution < 1.29 is 9.15 Å². The molecule has 0 spiro atoms. The van der Waals surface area contributed by atoms with Gasteiger partial charge in [-0.2, -0.15) is 0 Å². The van der Waals surface area contributed by atoms with Crippen LogP contribution in [0.4, 0.5) is 0 Å². The highest BCUT2D eigenvalue weighted by Gasteiger charge is 2.10. The van der Waals surface area contributed by atoms with Crippen LogP contribution in [0.2, 0.25) is 0 Å². The average Bonchev–Trinajstić information content (AvgIpc) is 2.78. The van der Waals surface area contributed by atoms with Crippen LogP contribution in [0.5, 0.6) is 5.75 Å². The summed E-state index contributed by atoms with van der Waals surface area (Å²) in [6.45, 7) is 5.41. The third-order valence-electron chi connectivity index (χ3n) is 4.38. The van der Waals surface area contributed by atoms with Crippen molar-refractivity contribution in [3.63, 3.8) is 0 Å². The van der Waals surface area contributed by atoms with Crippen LogP contribution < -0.4 is 10.1 Å². The molecular weight excluding hydrogens is 276 g/mol. The summed E-state index contributed by atoms with van der Waals surface area (Å²) >= 11 is 0. The first-order valence-corrected chi connectivity index (χ1v) is 8.35. The minimum Gasteiger partial charge on any atom is -0.493 e. The normalized spacial score (nSPS) is 16.8. The Morgan fingerprint density at radius 3 is 2.77 bits per heavy atom. The first-order valence-electron chi connectivity index (χ1n) is 8.35. The van der Waals surface area contributed by atoms with Gasteiger partial charge in [-0.05, 0) is 38.1 Å². The molecule has 0 saturated carbocycles. The summed E-state index contributed by atoms with van der Waals surface area (Å²) in [6, 6.07) is 8.08. The van der Waals surface area contributed by atoms with Crippen LogP contribution in [-0.4, -0.2) is 38.2 Å². The molecule has 0 bridgehead atoms. The number of para-hydroxylation sites is 1. The van der Waals surface area contributed by atoms with Gasteiger partial charge in [-0.15, -0.1) is 0 Å². The van der Waals surface area contributed by atoms with E-state index in [0.29, 0.717) is 0 Å². The molecule has 4 nitrogen and oxygen atoms in total. The van der Waals surface area contributed by atoms with Crippen LogP contribution in [0.1, 0.15) is 31.4 Å². The maximum atomic E-state index is 5.90. The third kappa shape index (κ3) is 3.81.